The summed E-state index contributed by atoms with van der Waals surface area (Å²) < 4.78 is 0. The molecule has 2 aromatic rings. The molecule has 26 heavy (non-hydrogen) atoms. The Bertz CT molecular complexity index is 806. The Balaban J connectivity index is 1.66. The van der Waals surface area contributed by atoms with Crippen molar-refractivity contribution in [3.8, 4) is 0 Å². The number of rotatable bonds is 4. The number of hydrogen-bond donors (Lipinski definition) is 1. The molecule has 0 spiro atoms. The van der Waals surface area contributed by atoms with Crippen molar-refractivity contribution >= 4 is 11.8 Å². The number of benzene rings is 2. The fourth-order valence-electron chi connectivity index (χ4n) is 4.88. The maximum absolute atomic E-state index is 8.99. The van der Waals surface area contributed by atoms with Gasteiger partial charge in [-0.2, -0.15) is 0 Å². The van der Waals surface area contributed by atoms with E-state index in [1.807, 2.05) is 6.07 Å². The van der Waals surface area contributed by atoms with E-state index in [9.17, 15) is 0 Å². The van der Waals surface area contributed by atoms with Gasteiger partial charge >= 0.3 is 0 Å². The zero-order chi connectivity index (χ0) is 18.1. The third-order valence-corrected chi connectivity index (χ3v) is 6.36. The van der Waals surface area contributed by atoms with Gasteiger partial charge in [-0.3, -0.25) is 0 Å². The predicted molar refractivity (Wildman–Crippen MR) is 110 cm³/mol. The highest BCUT2D eigenvalue weighted by molar-refractivity contribution is 6.00. The van der Waals surface area contributed by atoms with Crippen molar-refractivity contribution in [2.24, 2.45) is 11.8 Å². The molecule has 0 aromatic heterocycles. The van der Waals surface area contributed by atoms with Crippen LogP contribution in [0.1, 0.15) is 41.9 Å². The molecule has 0 aliphatic heterocycles. The molecule has 2 aliphatic carbocycles. The SMILES string of the molecule is CN(C)C1CCC(C2C=Cc3ccccc32)C(C(=N)c2ccccc2)C1. The van der Waals surface area contributed by atoms with E-state index in [0.29, 0.717) is 23.8 Å². The Hall–Kier alpha value is -2.19. The summed E-state index contributed by atoms with van der Waals surface area (Å²) in [7, 11) is 4.36. The second-order valence-corrected chi connectivity index (χ2v) is 7.99. The minimum absolute atomic E-state index is 0.305. The summed E-state index contributed by atoms with van der Waals surface area (Å²) in [4.78, 5) is 2.35. The van der Waals surface area contributed by atoms with Gasteiger partial charge in [0, 0.05) is 23.6 Å². The van der Waals surface area contributed by atoms with Crippen LogP contribution in [-0.2, 0) is 0 Å². The molecule has 1 fully saturated rings. The molecule has 2 heteroatoms. The van der Waals surface area contributed by atoms with Gasteiger partial charge < -0.3 is 10.3 Å². The standard InChI is InChI=1S/C24H28N2/c1-26(2)19-13-15-22(21-14-12-17-8-6-7-11-20(17)21)23(16-19)24(25)18-9-4-3-5-10-18/h3-12,14,19,21-23,25H,13,15-16H2,1-2H3. The van der Waals surface area contributed by atoms with Crippen LogP contribution in [0.25, 0.3) is 6.08 Å². The Morgan fingerprint density at radius 1 is 0.962 bits per heavy atom. The largest absolute Gasteiger partial charge is 0.306 e. The van der Waals surface area contributed by atoms with Crippen molar-refractivity contribution in [3.63, 3.8) is 0 Å². The third kappa shape index (κ3) is 3.14. The number of fused-ring (bicyclic) bond motifs is 1. The lowest BCUT2D eigenvalue weighted by atomic mass is 9.66. The molecule has 0 radical (unpaired) electrons. The van der Waals surface area contributed by atoms with Gasteiger partial charge in [-0.25, -0.2) is 0 Å². The van der Waals surface area contributed by atoms with Gasteiger partial charge in [0.05, 0.1) is 0 Å². The average Bonchev–Trinajstić information content (AvgIpc) is 3.11. The Morgan fingerprint density at radius 3 is 2.46 bits per heavy atom. The summed E-state index contributed by atoms with van der Waals surface area (Å²) in [6.07, 6.45) is 8.16. The Morgan fingerprint density at radius 2 is 1.69 bits per heavy atom. The normalized spacial score (nSPS) is 27.5. The summed E-state index contributed by atoms with van der Waals surface area (Å²) in [6, 6.07) is 19.7. The maximum Gasteiger partial charge on any atom is 0.0420 e. The number of hydrogen-bond acceptors (Lipinski definition) is 2. The first-order chi connectivity index (χ1) is 12.6. The van der Waals surface area contributed by atoms with E-state index in [2.05, 4.69) is 79.7 Å². The first kappa shape index (κ1) is 17.2. The summed E-state index contributed by atoms with van der Waals surface area (Å²) in [5.74, 6) is 1.27. The second-order valence-electron chi connectivity index (χ2n) is 7.99. The lowest BCUT2D eigenvalue weighted by Gasteiger charge is -2.41. The van der Waals surface area contributed by atoms with Crippen molar-refractivity contribution in [1.82, 2.24) is 4.90 Å². The van der Waals surface area contributed by atoms with Gasteiger partial charge in [0.25, 0.3) is 0 Å². The molecule has 2 nitrogen and oxygen atoms in total. The zero-order valence-electron chi connectivity index (χ0n) is 15.7. The molecule has 4 unspecified atom stereocenters. The highest BCUT2D eigenvalue weighted by atomic mass is 15.1. The molecule has 2 aliphatic rings. The van der Waals surface area contributed by atoms with Gasteiger partial charge in [-0.15, -0.1) is 0 Å². The lowest BCUT2D eigenvalue weighted by Crippen LogP contribution is -2.41. The second kappa shape index (κ2) is 7.20. The van der Waals surface area contributed by atoms with Crippen LogP contribution in [-0.4, -0.2) is 30.7 Å². The summed E-state index contributed by atoms with van der Waals surface area (Å²) in [6.45, 7) is 0. The molecule has 134 valence electrons. The molecule has 0 heterocycles. The van der Waals surface area contributed by atoms with E-state index in [1.54, 1.807) is 0 Å². The van der Waals surface area contributed by atoms with Crippen LogP contribution >= 0.6 is 0 Å². The highest BCUT2D eigenvalue weighted by Gasteiger charge is 2.39. The highest BCUT2D eigenvalue weighted by Crippen LogP contribution is 2.46. The summed E-state index contributed by atoms with van der Waals surface area (Å²) >= 11 is 0. The van der Waals surface area contributed by atoms with Crippen LogP contribution < -0.4 is 0 Å². The molecule has 2 aromatic carbocycles. The molecule has 4 atom stereocenters. The Kier molecular flexibility index (Phi) is 4.78. The number of allylic oxidation sites excluding steroid dienone is 1. The van der Waals surface area contributed by atoms with E-state index in [1.165, 1.54) is 24.0 Å². The van der Waals surface area contributed by atoms with Crippen molar-refractivity contribution < 1.29 is 0 Å². The Labute approximate surface area is 157 Å². The molecule has 0 bridgehead atoms. The van der Waals surface area contributed by atoms with Crippen molar-refractivity contribution in [2.75, 3.05) is 14.1 Å². The van der Waals surface area contributed by atoms with Crippen LogP contribution in [0, 0.1) is 17.2 Å². The van der Waals surface area contributed by atoms with E-state index in [-0.39, 0.29) is 0 Å². The fraction of sp³-hybridized carbons (Fsp3) is 0.375. The van der Waals surface area contributed by atoms with Gasteiger partial charge in [0.1, 0.15) is 0 Å². The van der Waals surface area contributed by atoms with E-state index in [0.717, 1.165) is 17.7 Å². The quantitative estimate of drug-likeness (QED) is 0.757. The predicted octanol–water partition coefficient (Wildman–Crippen LogP) is 5.21. The summed E-state index contributed by atoms with van der Waals surface area (Å²) in [5.41, 5.74) is 4.71. The minimum atomic E-state index is 0.305. The van der Waals surface area contributed by atoms with Crippen LogP contribution in [0.2, 0.25) is 0 Å². The van der Waals surface area contributed by atoms with Crippen molar-refractivity contribution in [1.29, 1.82) is 5.41 Å². The molecule has 1 N–H and O–H groups in total. The molecule has 1 saturated carbocycles. The molecular weight excluding hydrogens is 316 g/mol. The number of nitrogens with one attached hydrogen (secondary N) is 1. The van der Waals surface area contributed by atoms with Crippen LogP contribution in [0.15, 0.2) is 60.7 Å². The van der Waals surface area contributed by atoms with Gasteiger partial charge in [0.2, 0.25) is 0 Å². The van der Waals surface area contributed by atoms with E-state index >= 15 is 0 Å². The van der Waals surface area contributed by atoms with Crippen molar-refractivity contribution in [2.45, 2.75) is 31.2 Å². The molecule has 0 saturated heterocycles. The third-order valence-electron chi connectivity index (χ3n) is 6.36. The van der Waals surface area contributed by atoms with Gasteiger partial charge in [-0.1, -0.05) is 66.7 Å². The smallest absolute Gasteiger partial charge is 0.0420 e. The fourth-order valence-corrected chi connectivity index (χ4v) is 4.88. The minimum Gasteiger partial charge on any atom is -0.306 e. The van der Waals surface area contributed by atoms with E-state index < -0.39 is 0 Å². The van der Waals surface area contributed by atoms with Crippen LogP contribution in [0.3, 0.4) is 0 Å². The molecule has 0 amide bonds. The molecular formula is C24H28N2. The molecule has 4 rings (SSSR count). The van der Waals surface area contributed by atoms with Crippen LogP contribution in [0.5, 0.6) is 0 Å². The topological polar surface area (TPSA) is 27.1 Å². The lowest BCUT2D eigenvalue weighted by molar-refractivity contribution is 0.159. The zero-order valence-corrected chi connectivity index (χ0v) is 15.7. The van der Waals surface area contributed by atoms with Crippen LogP contribution in [0.4, 0.5) is 0 Å². The van der Waals surface area contributed by atoms with E-state index in [4.69, 9.17) is 5.41 Å². The maximum atomic E-state index is 8.99. The van der Waals surface area contributed by atoms with Gasteiger partial charge in [0.15, 0.2) is 0 Å². The first-order valence-corrected chi connectivity index (χ1v) is 9.72. The number of nitrogens with zero attached hydrogens (tertiary/aromatic N) is 1. The first-order valence-electron chi connectivity index (χ1n) is 9.72. The summed E-state index contributed by atoms with van der Waals surface area (Å²) in [5, 5.41) is 8.99. The monoisotopic (exact) mass is 344 g/mol. The average molecular weight is 345 g/mol. The van der Waals surface area contributed by atoms with Gasteiger partial charge in [-0.05, 0) is 56.0 Å². The van der Waals surface area contributed by atoms with Crippen molar-refractivity contribution in [3.05, 3.63) is 77.4 Å².